The van der Waals surface area contributed by atoms with Crippen molar-refractivity contribution in [3.63, 3.8) is 0 Å². The molecule has 0 aliphatic rings. The molecule has 0 bridgehead atoms. The molecule has 196 valence electrons. The number of aryl methyl sites for hydroxylation is 3. The van der Waals surface area contributed by atoms with E-state index in [1.54, 1.807) is 25.7 Å². The fourth-order valence-electron chi connectivity index (χ4n) is 4.05. The van der Waals surface area contributed by atoms with E-state index in [1.807, 2.05) is 63.2 Å². The molecule has 1 unspecified atom stereocenters. The van der Waals surface area contributed by atoms with Crippen molar-refractivity contribution in [2.75, 3.05) is 18.4 Å². The summed E-state index contributed by atoms with van der Waals surface area (Å²) in [5.74, 6) is -0.641. The predicted octanol–water partition coefficient (Wildman–Crippen LogP) is 5.84. The molecule has 2 aromatic rings. The summed E-state index contributed by atoms with van der Waals surface area (Å²) in [6.07, 6.45) is 1.97. The summed E-state index contributed by atoms with van der Waals surface area (Å²) in [7, 11) is 0. The Bertz CT molecular complexity index is 1040. The lowest BCUT2D eigenvalue weighted by atomic mass is 9.98. The molecule has 2 rings (SSSR count). The minimum Gasteiger partial charge on any atom is -0.444 e. The molecule has 0 aromatic heterocycles. The Morgan fingerprint density at radius 3 is 2.19 bits per heavy atom. The van der Waals surface area contributed by atoms with Gasteiger partial charge in [-0.2, -0.15) is 0 Å². The van der Waals surface area contributed by atoms with Crippen LogP contribution in [0.4, 0.5) is 10.5 Å². The molecule has 2 N–H and O–H groups in total. The molecular weight excluding hydrogens is 454 g/mol. The van der Waals surface area contributed by atoms with Crippen LogP contribution < -0.4 is 10.6 Å². The minimum absolute atomic E-state index is 0.264. The van der Waals surface area contributed by atoms with Gasteiger partial charge in [0.1, 0.15) is 18.2 Å². The van der Waals surface area contributed by atoms with Gasteiger partial charge in [0, 0.05) is 12.2 Å². The van der Waals surface area contributed by atoms with Gasteiger partial charge in [-0.15, -0.1) is 0 Å². The highest BCUT2D eigenvalue weighted by atomic mass is 16.6. The second kappa shape index (κ2) is 13.1. The number of anilines is 1. The van der Waals surface area contributed by atoms with Crippen molar-refractivity contribution in [1.82, 2.24) is 10.2 Å². The molecule has 3 amide bonds. The van der Waals surface area contributed by atoms with Crippen molar-refractivity contribution >= 4 is 23.6 Å². The van der Waals surface area contributed by atoms with Crippen LogP contribution in [-0.2, 0) is 14.3 Å². The third-order valence-electron chi connectivity index (χ3n) is 5.63. The summed E-state index contributed by atoms with van der Waals surface area (Å²) in [5.41, 5.74) is 3.70. The molecule has 0 saturated carbocycles. The Kier molecular flexibility index (Phi) is 10.5. The molecule has 7 heteroatoms. The van der Waals surface area contributed by atoms with E-state index in [0.29, 0.717) is 12.2 Å². The molecule has 36 heavy (non-hydrogen) atoms. The molecule has 2 aromatic carbocycles. The van der Waals surface area contributed by atoms with Crippen LogP contribution >= 0.6 is 0 Å². The van der Waals surface area contributed by atoms with Gasteiger partial charge in [-0.05, 0) is 65.2 Å². The van der Waals surface area contributed by atoms with E-state index < -0.39 is 17.7 Å². The van der Waals surface area contributed by atoms with Gasteiger partial charge in [-0.3, -0.25) is 9.59 Å². The first kappa shape index (κ1) is 28.9. The second-order valence-corrected chi connectivity index (χ2v) is 10.3. The summed E-state index contributed by atoms with van der Waals surface area (Å²) >= 11 is 0. The SMILES string of the molecule is CCCCCN(C(=O)CNC(=O)OC(C)(C)C)C(C(=O)Nc1ccccc1C)c1cc(C)cc(C)c1. The number of nitrogens with zero attached hydrogens (tertiary/aromatic N) is 1. The highest BCUT2D eigenvalue weighted by molar-refractivity contribution is 5.98. The Hall–Kier alpha value is -3.35. The molecule has 7 nitrogen and oxygen atoms in total. The summed E-state index contributed by atoms with van der Waals surface area (Å²) in [6.45, 7) is 13.4. The number of rotatable bonds is 10. The number of carbonyl (C=O) groups excluding carboxylic acids is 3. The zero-order valence-corrected chi connectivity index (χ0v) is 22.7. The van der Waals surface area contributed by atoms with Gasteiger partial charge in [0.25, 0.3) is 5.91 Å². The molecular formula is C29H41N3O4. The van der Waals surface area contributed by atoms with Gasteiger partial charge in [-0.25, -0.2) is 4.79 Å². The lowest BCUT2D eigenvalue weighted by molar-refractivity contribution is -0.138. The van der Waals surface area contributed by atoms with Crippen molar-refractivity contribution in [3.8, 4) is 0 Å². The van der Waals surface area contributed by atoms with Gasteiger partial charge in [0.2, 0.25) is 5.91 Å². The standard InChI is InChI=1S/C29H41N3O4/c1-8-9-12-15-32(25(33)19-30-28(35)36-29(5,6)7)26(23-17-20(2)16-21(3)18-23)27(34)31-24-14-11-10-13-22(24)4/h10-11,13-14,16-18,26H,8-9,12,15,19H2,1-7H3,(H,30,35)(H,31,34). The highest BCUT2D eigenvalue weighted by Crippen LogP contribution is 2.27. The van der Waals surface area contributed by atoms with E-state index in [-0.39, 0.29) is 18.4 Å². The lowest BCUT2D eigenvalue weighted by Gasteiger charge is -2.32. The number of benzene rings is 2. The van der Waals surface area contributed by atoms with E-state index in [0.717, 1.165) is 41.5 Å². The molecule has 0 saturated heterocycles. The number of ether oxygens (including phenoxy) is 1. The van der Waals surface area contributed by atoms with Crippen LogP contribution in [0.15, 0.2) is 42.5 Å². The van der Waals surface area contributed by atoms with E-state index in [2.05, 4.69) is 17.6 Å². The van der Waals surface area contributed by atoms with Crippen molar-refractivity contribution < 1.29 is 19.1 Å². The molecule has 0 aliphatic carbocycles. The number of amides is 3. The molecule has 1 atom stereocenters. The Labute approximate surface area is 215 Å². The van der Waals surface area contributed by atoms with Gasteiger partial charge >= 0.3 is 6.09 Å². The van der Waals surface area contributed by atoms with Crippen LogP contribution in [0.5, 0.6) is 0 Å². The van der Waals surface area contributed by atoms with Crippen LogP contribution in [0.3, 0.4) is 0 Å². The maximum atomic E-state index is 13.8. The highest BCUT2D eigenvalue weighted by Gasteiger charge is 2.32. The largest absolute Gasteiger partial charge is 0.444 e. The third-order valence-corrected chi connectivity index (χ3v) is 5.63. The molecule has 0 heterocycles. The van der Waals surface area contributed by atoms with Crippen LogP contribution in [-0.4, -0.2) is 41.5 Å². The van der Waals surface area contributed by atoms with Gasteiger partial charge in [0.05, 0.1) is 0 Å². The number of alkyl carbamates (subject to hydrolysis) is 1. The quantitative estimate of drug-likeness (QED) is 0.406. The van der Waals surface area contributed by atoms with E-state index in [4.69, 9.17) is 4.74 Å². The van der Waals surface area contributed by atoms with Crippen LogP contribution in [0.25, 0.3) is 0 Å². The summed E-state index contributed by atoms with van der Waals surface area (Å²) in [5, 5.41) is 5.58. The Morgan fingerprint density at radius 2 is 1.61 bits per heavy atom. The number of unbranched alkanes of at least 4 members (excludes halogenated alkanes) is 2. The zero-order valence-electron chi connectivity index (χ0n) is 22.7. The average molecular weight is 496 g/mol. The van der Waals surface area contributed by atoms with Gasteiger partial charge < -0.3 is 20.3 Å². The molecule has 0 fully saturated rings. The van der Waals surface area contributed by atoms with Crippen LogP contribution in [0.1, 0.15) is 75.3 Å². The number of hydrogen-bond donors (Lipinski definition) is 2. The third kappa shape index (κ3) is 9.02. The monoisotopic (exact) mass is 495 g/mol. The Balaban J connectivity index is 2.42. The predicted molar refractivity (Wildman–Crippen MR) is 144 cm³/mol. The second-order valence-electron chi connectivity index (χ2n) is 10.3. The Morgan fingerprint density at radius 1 is 0.972 bits per heavy atom. The minimum atomic E-state index is -0.854. The number of carbonyl (C=O) groups is 3. The maximum Gasteiger partial charge on any atom is 0.408 e. The molecule has 0 spiro atoms. The number of para-hydroxylation sites is 1. The van der Waals surface area contributed by atoms with Crippen LogP contribution in [0.2, 0.25) is 0 Å². The smallest absolute Gasteiger partial charge is 0.408 e. The first-order valence-corrected chi connectivity index (χ1v) is 12.6. The first-order valence-electron chi connectivity index (χ1n) is 12.6. The fraction of sp³-hybridized carbons (Fsp3) is 0.483. The van der Waals surface area contributed by atoms with Gasteiger partial charge in [0.15, 0.2) is 0 Å². The fourth-order valence-corrected chi connectivity index (χ4v) is 4.05. The summed E-state index contributed by atoms with van der Waals surface area (Å²) < 4.78 is 5.28. The van der Waals surface area contributed by atoms with E-state index in [9.17, 15) is 14.4 Å². The topological polar surface area (TPSA) is 87.7 Å². The van der Waals surface area contributed by atoms with Crippen molar-refractivity contribution in [1.29, 1.82) is 0 Å². The van der Waals surface area contributed by atoms with Crippen molar-refractivity contribution in [2.45, 2.75) is 79.4 Å². The first-order chi connectivity index (χ1) is 16.9. The lowest BCUT2D eigenvalue weighted by Crippen LogP contribution is -2.47. The van der Waals surface area contributed by atoms with E-state index >= 15 is 0 Å². The molecule has 0 radical (unpaired) electrons. The maximum absolute atomic E-state index is 13.8. The van der Waals surface area contributed by atoms with Crippen LogP contribution in [0, 0.1) is 20.8 Å². The van der Waals surface area contributed by atoms with Crippen molar-refractivity contribution in [2.24, 2.45) is 0 Å². The summed E-state index contributed by atoms with van der Waals surface area (Å²) in [4.78, 5) is 41.0. The average Bonchev–Trinajstić information content (AvgIpc) is 2.76. The summed E-state index contributed by atoms with van der Waals surface area (Å²) in [6, 6.07) is 12.6. The van der Waals surface area contributed by atoms with E-state index in [1.165, 1.54) is 0 Å². The van der Waals surface area contributed by atoms with Gasteiger partial charge in [-0.1, -0.05) is 67.3 Å². The molecule has 0 aliphatic heterocycles. The number of hydrogen-bond acceptors (Lipinski definition) is 4. The normalized spacial score (nSPS) is 12.0. The zero-order chi connectivity index (χ0) is 26.9. The number of nitrogens with one attached hydrogen (secondary N) is 2. The van der Waals surface area contributed by atoms with Crippen molar-refractivity contribution in [3.05, 3.63) is 64.7 Å².